The van der Waals surface area contributed by atoms with Gasteiger partial charge >= 0.3 is 0 Å². The third-order valence-electron chi connectivity index (χ3n) is 4.15. The van der Waals surface area contributed by atoms with Crippen molar-refractivity contribution in [2.75, 3.05) is 0 Å². The van der Waals surface area contributed by atoms with E-state index in [0.717, 1.165) is 5.56 Å². The zero-order valence-corrected chi connectivity index (χ0v) is 10.9. The summed E-state index contributed by atoms with van der Waals surface area (Å²) in [6.07, 6.45) is 6.26. The number of nitrogens with zero attached hydrogens (tertiary/aromatic N) is 5. The maximum Gasteiger partial charge on any atom is 0.269 e. The number of rotatable bonds is 0. The lowest BCUT2D eigenvalue weighted by molar-refractivity contribution is -0.648. The van der Waals surface area contributed by atoms with Gasteiger partial charge in [0.1, 0.15) is 5.52 Å². The van der Waals surface area contributed by atoms with E-state index in [1.54, 1.807) is 23.0 Å². The van der Waals surface area contributed by atoms with Crippen molar-refractivity contribution in [3.63, 3.8) is 0 Å². The topological polar surface area (TPSA) is 39.5 Å². The Labute approximate surface area is 129 Å². The molecule has 0 bridgehead atoms. The molecule has 0 radical (unpaired) electrons. The van der Waals surface area contributed by atoms with Gasteiger partial charge in [0.05, 0.1) is 45.9 Å². The minimum Gasteiger partial charge on any atom is -0.264 e. The summed E-state index contributed by atoms with van der Waals surface area (Å²) in [5.74, 6) is 0.444. The maximum atomic E-state index is 8.12. The molecule has 0 fully saturated rings. The molecule has 21 heavy (non-hydrogen) atoms. The normalized spacial score (nSPS) is 18.5. The van der Waals surface area contributed by atoms with Crippen molar-refractivity contribution in [2.45, 2.75) is 6.54 Å². The maximum absolute atomic E-state index is 8.12. The summed E-state index contributed by atoms with van der Waals surface area (Å²) in [7, 11) is 0. The number of aryl methyl sites for hydroxylation is 2. The lowest BCUT2D eigenvalue weighted by Crippen LogP contribution is -2.33. The summed E-state index contributed by atoms with van der Waals surface area (Å²) >= 11 is 0. The molecule has 0 saturated heterocycles. The monoisotopic (exact) mass is 282 g/mol. The molecule has 0 saturated carbocycles. The van der Waals surface area contributed by atoms with Crippen molar-refractivity contribution in [1.82, 2.24) is 19.1 Å². The first-order chi connectivity index (χ1) is 12.7. The van der Waals surface area contributed by atoms with Crippen LogP contribution in [0.15, 0.2) is 36.9 Å². The number of hydrogen-bond donors (Lipinski definition) is 0. The van der Waals surface area contributed by atoms with Crippen LogP contribution in [0.3, 0.4) is 0 Å². The van der Waals surface area contributed by atoms with Crippen molar-refractivity contribution in [3.8, 4) is 11.4 Å². The van der Waals surface area contributed by atoms with Crippen LogP contribution in [0.5, 0.6) is 0 Å². The van der Waals surface area contributed by atoms with E-state index in [1.165, 1.54) is 21.5 Å². The smallest absolute Gasteiger partial charge is 0.264 e. The van der Waals surface area contributed by atoms with Gasteiger partial charge < -0.3 is 0 Å². The fraction of sp³-hybridized carbons (Fsp3) is 0.188. The van der Waals surface area contributed by atoms with Gasteiger partial charge in [0.15, 0.2) is 5.52 Å². The first-order valence-electron chi connectivity index (χ1n) is 9.56. The predicted octanol–water partition coefficient (Wildman–Crippen LogP) is 1.78. The molecule has 1 aliphatic rings. The average molecular weight is 282 g/mol. The minimum atomic E-state index is -2.49. The van der Waals surface area contributed by atoms with Gasteiger partial charge in [-0.25, -0.2) is 4.57 Å². The number of fused-ring (bicyclic) bond motifs is 7. The molecular formula is C16H14N5+. The van der Waals surface area contributed by atoms with Gasteiger partial charge in [-0.3, -0.25) is 19.1 Å². The SMILES string of the molecule is [2H]C([2H])([2H])n1c2[n+](c3c1c1ccncc1n3C([2H])([2H])[2H])Cc1ccncc1-2. The summed E-state index contributed by atoms with van der Waals surface area (Å²) in [5.41, 5.74) is 2.70. The number of pyridine rings is 2. The van der Waals surface area contributed by atoms with Crippen LogP contribution in [-0.2, 0) is 20.5 Å². The Kier molecular flexibility index (Phi) is 1.14. The molecular weight excluding hydrogens is 262 g/mol. The zero-order chi connectivity index (χ0) is 19.1. The van der Waals surface area contributed by atoms with Crippen LogP contribution in [0.25, 0.3) is 33.5 Å². The molecule has 0 atom stereocenters. The molecule has 4 aromatic rings. The molecule has 0 N–H and O–H groups in total. The fourth-order valence-corrected chi connectivity index (χ4v) is 3.25. The highest BCUT2D eigenvalue weighted by atomic mass is 15.2. The van der Waals surface area contributed by atoms with Crippen LogP contribution in [0.2, 0.25) is 0 Å². The molecule has 5 nitrogen and oxygen atoms in total. The second-order valence-electron chi connectivity index (χ2n) is 5.18. The molecule has 0 unspecified atom stereocenters. The average Bonchev–Trinajstić information content (AvgIpc) is 3.19. The van der Waals surface area contributed by atoms with E-state index in [4.69, 9.17) is 8.22 Å². The molecule has 1 aliphatic heterocycles. The Morgan fingerprint density at radius 3 is 2.90 bits per heavy atom. The van der Waals surface area contributed by atoms with Crippen molar-refractivity contribution < 1.29 is 12.8 Å². The summed E-state index contributed by atoms with van der Waals surface area (Å²) in [6.45, 7) is -4.60. The van der Waals surface area contributed by atoms with Gasteiger partial charge in [-0.1, -0.05) is 0 Å². The zero-order valence-electron chi connectivity index (χ0n) is 16.9. The predicted molar refractivity (Wildman–Crippen MR) is 79.7 cm³/mol. The van der Waals surface area contributed by atoms with E-state index < -0.39 is 14.0 Å². The Bertz CT molecular complexity index is 1230. The Balaban J connectivity index is 2.07. The fourth-order valence-electron chi connectivity index (χ4n) is 3.25. The van der Waals surface area contributed by atoms with E-state index in [0.29, 0.717) is 40.0 Å². The summed E-state index contributed by atoms with van der Waals surface area (Å²) in [5, 5.41) is 0.541. The van der Waals surface area contributed by atoms with Crippen LogP contribution in [0.4, 0.5) is 0 Å². The van der Waals surface area contributed by atoms with Gasteiger partial charge in [0.2, 0.25) is 5.82 Å². The quantitative estimate of drug-likeness (QED) is 0.406. The van der Waals surface area contributed by atoms with Gasteiger partial charge in [0, 0.05) is 24.2 Å². The van der Waals surface area contributed by atoms with Gasteiger partial charge in [-0.05, 0) is 12.1 Å². The summed E-state index contributed by atoms with van der Waals surface area (Å²) in [6, 6.07) is 3.48. The van der Waals surface area contributed by atoms with Crippen LogP contribution >= 0.6 is 0 Å². The number of hydrogen-bond acceptors (Lipinski definition) is 2. The molecule has 5 heterocycles. The van der Waals surface area contributed by atoms with E-state index in [2.05, 4.69) is 9.97 Å². The lowest BCUT2D eigenvalue weighted by Gasteiger charge is -1.97. The molecule has 0 aromatic carbocycles. The second kappa shape index (κ2) is 3.49. The van der Waals surface area contributed by atoms with Crippen LogP contribution in [0, 0.1) is 0 Å². The van der Waals surface area contributed by atoms with Crippen molar-refractivity contribution in [1.29, 1.82) is 0 Å². The van der Waals surface area contributed by atoms with Gasteiger partial charge in [-0.2, -0.15) is 0 Å². The molecule has 0 amide bonds. The molecule has 4 aromatic heterocycles. The Morgan fingerprint density at radius 2 is 2.00 bits per heavy atom. The van der Waals surface area contributed by atoms with Crippen LogP contribution < -0.4 is 4.57 Å². The standard InChI is InChI=1S/C16H14N5/c1-19-13-8-18-6-4-11(13)14-16(19)21-9-10-3-5-17-7-12(10)15(21)20(14)2/h3-8H,9H2,1-2H3/q+1/i1D3,2D3. The van der Waals surface area contributed by atoms with Crippen molar-refractivity contribution in [2.24, 2.45) is 14.0 Å². The third-order valence-corrected chi connectivity index (χ3v) is 4.15. The van der Waals surface area contributed by atoms with E-state index in [-0.39, 0.29) is 0 Å². The van der Waals surface area contributed by atoms with E-state index in [1.807, 2.05) is 6.07 Å². The minimum absolute atomic E-state index is 0.348. The molecule has 0 aliphatic carbocycles. The summed E-state index contributed by atoms with van der Waals surface area (Å²) < 4.78 is 52.7. The molecule has 5 rings (SSSR count). The van der Waals surface area contributed by atoms with Crippen LogP contribution in [-0.4, -0.2) is 19.1 Å². The number of imidazole rings is 1. The van der Waals surface area contributed by atoms with Crippen molar-refractivity contribution >= 4 is 22.1 Å². The highest BCUT2D eigenvalue weighted by molar-refractivity contribution is 6.04. The highest BCUT2D eigenvalue weighted by Crippen LogP contribution is 2.34. The number of aromatic nitrogens is 5. The van der Waals surface area contributed by atoms with E-state index in [9.17, 15) is 0 Å². The Hall–Kier alpha value is -2.69. The second-order valence-corrected chi connectivity index (χ2v) is 5.18. The largest absolute Gasteiger partial charge is 0.269 e. The molecule has 102 valence electrons. The first kappa shape index (κ1) is 6.85. The third kappa shape index (κ3) is 1.15. The Morgan fingerprint density at radius 1 is 1.14 bits per heavy atom. The molecule has 0 spiro atoms. The van der Waals surface area contributed by atoms with E-state index >= 15 is 0 Å². The van der Waals surface area contributed by atoms with Crippen LogP contribution in [0.1, 0.15) is 13.8 Å². The van der Waals surface area contributed by atoms with Gasteiger partial charge in [-0.15, -0.1) is 0 Å². The first-order valence-corrected chi connectivity index (χ1v) is 6.56. The van der Waals surface area contributed by atoms with Crippen molar-refractivity contribution in [3.05, 3.63) is 42.5 Å². The lowest BCUT2D eigenvalue weighted by atomic mass is 10.2. The summed E-state index contributed by atoms with van der Waals surface area (Å²) in [4.78, 5) is 8.17. The molecule has 5 heteroatoms. The highest BCUT2D eigenvalue weighted by Gasteiger charge is 2.34. The van der Waals surface area contributed by atoms with Gasteiger partial charge in [0.25, 0.3) is 5.65 Å².